The molecule has 0 bridgehead atoms. The molecule has 0 saturated heterocycles. The summed E-state index contributed by atoms with van der Waals surface area (Å²) < 4.78 is 5.00. The van der Waals surface area contributed by atoms with Crippen LogP contribution >= 0.6 is 0 Å². The molecule has 1 aromatic carbocycles. The van der Waals surface area contributed by atoms with Crippen molar-refractivity contribution in [3.63, 3.8) is 0 Å². The number of phenolic OH excluding ortho intramolecular Hbond substituents is 2. The molecule has 0 spiro atoms. The molecule has 1 aliphatic rings. The van der Waals surface area contributed by atoms with Gasteiger partial charge in [-0.1, -0.05) is 6.92 Å². The van der Waals surface area contributed by atoms with Crippen LogP contribution in [-0.4, -0.2) is 26.5 Å². The smallest absolute Gasteiger partial charge is 0.347 e. The van der Waals surface area contributed by atoms with Crippen molar-refractivity contribution in [3.05, 3.63) is 33.9 Å². The molecule has 0 saturated carbocycles. The van der Waals surface area contributed by atoms with E-state index in [1.54, 1.807) is 6.92 Å². The van der Waals surface area contributed by atoms with Crippen molar-refractivity contribution in [1.29, 1.82) is 0 Å². The number of benzene rings is 1. The van der Waals surface area contributed by atoms with Crippen LogP contribution in [0.5, 0.6) is 11.5 Å². The van der Waals surface area contributed by atoms with Crippen molar-refractivity contribution in [2.45, 2.75) is 25.0 Å². The average Bonchev–Trinajstić information content (AvgIpc) is 2.53. The molecule has 0 radical (unpaired) electrons. The lowest BCUT2D eigenvalue weighted by Gasteiger charge is -2.11. The Labute approximate surface area is 107 Å². The molecule has 6 heteroatoms. The predicted octanol–water partition coefficient (Wildman–Crippen LogP) is 0.716. The Morgan fingerprint density at radius 2 is 1.89 bits per heavy atom. The number of hydrogen-bond acceptors (Lipinski definition) is 6. The van der Waals surface area contributed by atoms with Gasteiger partial charge < -0.3 is 24.8 Å². The molecule has 1 aliphatic carbocycles. The maximum absolute atomic E-state index is 11.8. The van der Waals surface area contributed by atoms with Gasteiger partial charge in [-0.15, -0.1) is 0 Å². The van der Waals surface area contributed by atoms with Gasteiger partial charge in [0.1, 0.15) is 28.7 Å². The highest BCUT2D eigenvalue weighted by molar-refractivity contribution is 5.92. The summed E-state index contributed by atoms with van der Waals surface area (Å²) in [6, 6.07) is 2.35. The topological polar surface area (TPSA) is 111 Å². The van der Waals surface area contributed by atoms with E-state index >= 15 is 0 Å². The molecule has 3 atom stereocenters. The maximum Gasteiger partial charge on any atom is 0.347 e. The van der Waals surface area contributed by atoms with Crippen LogP contribution < -0.4 is 5.63 Å². The third-order valence-corrected chi connectivity index (χ3v) is 3.62. The molecule has 0 aliphatic heterocycles. The second-order valence-electron chi connectivity index (χ2n) is 4.78. The molecule has 0 fully saturated rings. The zero-order valence-electron chi connectivity index (χ0n) is 9.99. The summed E-state index contributed by atoms with van der Waals surface area (Å²) in [6.07, 6.45) is -2.38. The van der Waals surface area contributed by atoms with Gasteiger partial charge in [-0.3, -0.25) is 0 Å². The molecule has 6 nitrogen and oxygen atoms in total. The summed E-state index contributed by atoms with van der Waals surface area (Å²) in [7, 11) is 0. The number of aromatic hydroxyl groups is 2. The molecule has 0 amide bonds. The van der Waals surface area contributed by atoms with Gasteiger partial charge in [-0.2, -0.15) is 0 Å². The Bertz CT molecular complexity index is 732. The SMILES string of the molecule is C[C@@H]1c2c(oc(=O)c3c(O)cc(O)cc23)[C@@H](O)[C@H]1O. The van der Waals surface area contributed by atoms with Crippen molar-refractivity contribution in [1.82, 2.24) is 0 Å². The summed E-state index contributed by atoms with van der Waals surface area (Å²) in [5.41, 5.74) is -0.382. The lowest BCUT2D eigenvalue weighted by Crippen LogP contribution is -2.15. The van der Waals surface area contributed by atoms with Gasteiger partial charge in [0.05, 0.1) is 6.10 Å². The molecule has 1 heterocycles. The van der Waals surface area contributed by atoms with E-state index in [1.807, 2.05) is 0 Å². The number of aliphatic hydroxyl groups is 2. The number of aliphatic hydroxyl groups excluding tert-OH is 2. The molecule has 0 unspecified atom stereocenters. The highest BCUT2D eigenvalue weighted by Crippen LogP contribution is 2.44. The summed E-state index contributed by atoms with van der Waals surface area (Å²) in [5, 5.41) is 39.2. The van der Waals surface area contributed by atoms with Crippen LogP contribution in [0.3, 0.4) is 0 Å². The second kappa shape index (κ2) is 3.72. The minimum atomic E-state index is -1.29. The van der Waals surface area contributed by atoms with E-state index in [0.717, 1.165) is 6.07 Å². The summed E-state index contributed by atoms with van der Waals surface area (Å²) in [4.78, 5) is 11.8. The largest absolute Gasteiger partial charge is 0.508 e. The normalized spacial score (nSPS) is 25.7. The highest BCUT2D eigenvalue weighted by atomic mass is 16.4. The first kappa shape index (κ1) is 12.0. The van der Waals surface area contributed by atoms with Gasteiger partial charge in [0.2, 0.25) is 0 Å². The lowest BCUT2D eigenvalue weighted by atomic mass is 9.97. The zero-order valence-corrected chi connectivity index (χ0v) is 9.99. The summed E-state index contributed by atoms with van der Waals surface area (Å²) >= 11 is 0. The second-order valence-corrected chi connectivity index (χ2v) is 4.78. The quantitative estimate of drug-likeness (QED) is 0.558. The highest BCUT2D eigenvalue weighted by Gasteiger charge is 2.40. The molecule has 3 rings (SSSR count). The molecule has 1 aromatic heterocycles. The first-order chi connectivity index (χ1) is 8.91. The van der Waals surface area contributed by atoms with Crippen molar-refractivity contribution in [2.75, 3.05) is 0 Å². The van der Waals surface area contributed by atoms with Crippen LogP contribution in [0, 0.1) is 0 Å². The van der Waals surface area contributed by atoms with Crippen LogP contribution in [0.2, 0.25) is 0 Å². The summed E-state index contributed by atoms with van der Waals surface area (Å²) in [6.45, 7) is 1.67. The van der Waals surface area contributed by atoms with Crippen LogP contribution in [-0.2, 0) is 0 Å². The van der Waals surface area contributed by atoms with E-state index in [2.05, 4.69) is 0 Å². The Hall–Kier alpha value is -2.05. The third kappa shape index (κ3) is 1.47. The first-order valence-corrected chi connectivity index (χ1v) is 5.80. The average molecular weight is 264 g/mol. The van der Waals surface area contributed by atoms with Crippen molar-refractivity contribution >= 4 is 10.8 Å². The van der Waals surface area contributed by atoms with E-state index in [9.17, 15) is 25.2 Å². The fourth-order valence-corrected chi connectivity index (χ4v) is 2.67. The van der Waals surface area contributed by atoms with Gasteiger partial charge in [-0.05, 0) is 6.07 Å². The zero-order chi connectivity index (χ0) is 13.9. The van der Waals surface area contributed by atoms with Gasteiger partial charge in [0.25, 0.3) is 0 Å². The summed E-state index contributed by atoms with van der Waals surface area (Å²) in [5.74, 6) is -1.09. The van der Waals surface area contributed by atoms with E-state index in [1.165, 1.54) is 6.07 Å². The van der Waals surface area contributed by atoms with Crippen LogP contribution in [0.4, 0.5) is 0 Å². The molecule has 100 valence electrons. The molecule has 2 aromatic rings. The van der Waals surface area contributed by atoms with E-state index in [4.69, 9.17) is 4.42 Å². The van der Waals surface area contributed by atoms with Gasteiger partial charge >= 0.3 is 5.63 Å². The number of hydrogen-bond donors (Lipinski definition) is 4. The van der Waals surface area contributed by atoms with Crippen LogP contribution in [0.25, 0.3) is 10.8 Å². The third-order valence-electron chi connectivity index (χ3n) is 3.62. The Balaban J connectivity index is 2.51. The molecule has 19 heavy (non-hydrogen) atoms. The van der Waals surface area contributed by atoms with Crippen molar-refractivity contribution < 1.29 is 24.8 Å². The maximum atomic E-state index is 11.8. The van der Waals surface area contributed by atoms with Crippen molar-refractivity contribution in [2.24, 2.45) is 0 Å². The Morgan fingerprint density at radius 3 is 2.58 bits per heavy atom. The monoisotopic (exact) mass is 264 g/mol. The number of fused-ring (bicyclic) bond motifs is 3. The number of rotatable bonds is 0. The fraction of sp³-hybridized carbons (Fsp3) is 0.308. The standard InChI is InChI=1S/C13H12O6/c1-4-8-6-2-5(14)3-7(15)9(6)13(18)19-12(8)11(17)10(4)16/h2-4,10-11,14-17H,1H3/t4-,10+,11+/m1/s1. The van der Waals surface area contributed by atoms with E-state index in [0.29, 0.717) is 5.56 Å². The predicted molar refractivity (Wildman–Crippen MR) is 65.2 cm³/mol. The van der Waals surface area contributed by atoms with Gasteiger partial charge in [0.15, 0.2) is 0 Å². The Kier molecular flexibility index (Phi) is 2.35. The van der Waals surface area contributed by atoms with Crippen molar-refractivity contribution in [3.8, 4) is 11.5 Å². The fourth-order valence-electron chi connectivity index (χ4n) is 2.67. The van der Waals surface area contributed by atoms with Gasteiger partial charge in [-0.25, -0.2) is 4.79 Å². The van der Waals surface area contributed by atoms with E-state index < -0.39 is 29.5 Å². The first-order valence-electron chi connectivity index (χ1n) is 5.80. The number of phenols is 2. The molecular formula is C13H12O6. The van der Waals surface area contributed by atoms with E-state index in [-0.39, 0.29) is 22.3 Å². The van der Waals surface area contributed by atoms with Crippen LogP contribution in [0.1, 0.15) is 30.3 Å². The Morgan fingerprint density at radius 1 is 1.21 bits per heavy atom. The lowest BCUT2D eigenvalue weighted by molar-refractivity contribution is 0.00972. The molecular weight excluding hydrogens is 252 g/mol. The van der Waals surface area contributed by atoms with Gasteiger partial charge in [0, 0.05) is 22.9 Å². The molecule has 4 N–H and O–H groups in total. The minimum absolute atomic E-state index is 0.0116. The minimum Gasteiger partial charge on any atom is -0.508 e. The van der Waals surface area contributed by atoms with Crippen LogP contribution in [0.15, 0.2) is 21.3 Å².